The molecule has 276 valence electrons. The van der Waals surface area contributed by atoms with Crippen LogP contribution in [0.4, 0.5) is 5.69 Å². The molecule has 2 heterocycles. The van der Waals surface area contributed by atoms with Crippen molar-refractivity contribution in [1.82, 2.24) is 9.97 Å². The third-order valence-electron chi connectivity index (χ3n) is 12.0. The second-order valence-corrected chi connectivity index (χ2v) is 15.2. The topological polar surface area (TPSA) is 39.4 Å². The van der Waals surface area contributed by atoms with E-state index in [1.165, 1.54) is 22.3 Å². The van der Waals surface area contributed by atoms with E-state index in [1.807, 2.05) is 48.5 Å². The Morgan fingerprint density at radius 2 is 0.847 bits per heavy atom. The summed E-state index contributed by atoms with van der Waals surface area (Å²) in [4.78, 5) is 13.9. The average molecular weight is 754 g/mol. The molecule has 1 spiro atoms. The lowest BCUT2D eigenvalue weighted by atomic mass is 9.65. The number of rotatable bonds is 5. The number of hydrogen-bond donors (Lipinski definition) is 0. The van der Waals surface area contributed by atoms with Gasteiger partial charge in [0.2, 0.25) is 0 Å². The number of benzene rings is 8. The van der Waals surface area contributed by atoms with E-state index in [1.54, 1.807) is 0 Å². The summed E-state index contributed by atoms with van der Waals surface area (Å²) in [5.74, 6) is 2.42. The van der Waals surface area contributed by atoms with Crippen molar-refractivity contribution in [3.63, 3.8) is 0 Å². The molecule has 59 heavy (non-hydrogen) atoms. The highest BCUT2D eigenvalue weighted by molar-refractivity contribution is 5.92. The molecule has 9 aromatic rings. The van der Waals surface area contributed by atoms with Gasteiger partial charge in [-0.25, -0.2) is 14.8 Å². The number of para-hydroxylation sites is 2. The van der Waals surface area contributed by atoms with Crippen LogP contribution in [0.2, 0.25) is 0 Å². The van der Waals surface area contributed by atoms with E-state index < -0.39 is 5.41 Å². The van der Waals surface area contributed by atoms with Gasteiger partial charge in [0, 0.05) is 33.4 Å². The first kappa shape index (κ1) is 34.4. The van der Waals surface area contributed by atoms with E-state index in [2.05, 4.69) is 157 Å². The fourth-order valence-corrected chi connectivity index (χ4v) is 9.20. The van der Waals surface area contributed by atoms with Gasteiger partial charge in [-0.1, -0.05) is 170 Å². The number of hydrogen-bond acceptors (Lipinski definition) is 3. The summed E-state index contributed by atoms with van der Waals surface area (Å²) in [6, 6.07) is 68.0. The summed E-state index contributed by atoms with van der Waals surface area (Å²) in [5.41, 5.74) is 17.5. The van der Waals surface area contributed by atoms with E-state index in [9.17, 15) is 0 Å². The predicted molar refractivity (Wildman–Crippen MR) is 238 cm³/mol. The maximum absolute atomic E-state index is 7.48. The van der Waals surface area contributed by atoms with Crippen LogP contribution >= 0.6 is 0 Å². The van der Waals surface area contributed by atoms with Crippen LogP contribution in [0, 0.1) is 13.5 Å². The molecule has 0 amide bonds. The number of aromatic nitrogens is 2. The molecule has 0 bridgehead atoms. The Morgan fingerprint density at radius 3 is 1.37 bits per heavy atom. The molecule has 0 unspecified atom stereocenters. The van der Waals surface area contributed by atoms with E-state index in [0.717, 1.165) is 78.5 Å². The van der Waals surface area contributed by atoms with E-state index >= 15 is 0 Å². The van der Waals surface area contributed by atoms with E-state index in [4.69, 9.17) is 21.3 Å². The molecule has 0 fully saturated rings. The maximum Gasteiger partial charge on any atom is 0.187 e. The van der Waals surface area contributed by atoms with Gasteiger partial charge in [-0.3, -0.25) is 0 Å². The number of nitrogens with zero attached hydrogens (tertiary/aromatic N) is 3. The summed E-state index contributed by atoms with van der Waals surface area (Å²) >= 11 is 0. The van der Waals surface area contributed by atoms with Crippen molar-refractivity contribution in [2.75, 3.05) is 0 Å². The molecule has 0 saturated heterocycles. The molecule has 1 aliphatic carbocycles. The molecule has 11 rings (SSSR count). The normalized spacial score (nSPS) is 12.7. The van der Waals surface area contributed by atoms with Crippen LogP contribution in [0.3, 0.4) is 0 Å². The Kier molecular flexibility index (Phi) is 7.96. The first-order chi connectivity index (χ1) is 29.1. The van der Waals surface area contributed by atoms with Gasteiger partial charge in [-0.05, 0) is 75.7 Å². The lowest BCUT2D eigenvalue weighted by Gasteiger charge is -2.39. The standard InChI is InChI=1S/C55H35N3O/c1-35-52(38-13-5-3-6-14-38)57-54(40-15-7-4-8-16-40)58-53(35)39-23-21-36(22-24-39)41-27-31-44-45-32-28-42(37-25-29-43(56-2)30-26-37)34-49(45)55(48(44)33-41)46-17-9-11-19-50(46)59-51-20-12-10-18-47(51)55/h3-34H,1H3. The Bertz CT molecular complexity index is 3080. The van der Waals surface area contributed by atoms with Crippen LogP contribution in [0.15, 0.2) is 194 Å². The average Bonchev–Trinajstić information content (AvgIpc) is 3.59. The molecule has 1 aliphatic heterocycles. The second-order valence-electron chi connectivity index (χ2n) is 15.2. The van der Waals surface area contributed by atoms with Gasteiger partial charge in [-0.2, -0.15) is 0 Å². The van der Waals surface area contributed by atoms with Crippen molar-refractivity contribution in [3.05, 3.63) is 233 Å². The first-order valence-electron chi connectivity index (χ1n) is 19.8. The molecule has 0 atom stereocenters. The zero-order valence-corrected chi connectivity index (χ0v) is 32.2. The summed E-state index contributed by atoms with van der Waals surface area (Å²) in [5, 5.41) is 0. The van der Waals surface area contributed by atoms with Gasteiger partial charge in [-0.15, -0.1) is 0 Å². The highest BCUT2D eigenvalue weighted by Gasteiger charge is 2.51. The summed E-state index contributed by atoms with van der Waals surface area (Å²) < 4.78 is 6.65. The summed E-state index contributed by atoms with van der Waals surface area (Å²) in [6.45, 7) is 9.60. The SMILES string of the molecule is [C-]#[N+]c1ccc(-c2ccc3c(c2)C2(c4ccccc4Oc4ccccc42)c2cc(-c4ccc(-c5nc(-c6ccccc6)nc(-c6ccccc6)c5C)cc4)ccc2-3)cc1. The lowest BCUT2D eigenvalue weighted by molar-refractivity contribution is 0.436. The van der Waals surface area contributed by atoms with Crippen LogP contribution in [-0.2, 0) is 5.41 Å². The summed E-state index contributed by atoms with van der Waals surface area (Å²) in [7, 11) is 0. The van der Waals surface area contributed by atoms with E-state index in [0.29, 0.717) is 11.5 Å². The minimum atomic E-state index is -0.627. The molecular formula is C55H35N3O. The van der Waals surface area contributed by atoms with Crippen LogP contribution < -0.4 is 4.74 Å². The smallest absolute Gasteiger partial charge is 0.187 e. The largest absolute Gasteiger partial charge is 0.457 e. The molecule has 1 aromatic heterocycles. The fourth-order valence-electron chi connectivity index (χ4n) is 9.20. The van der Waals surface area contributed by atoms with Crippen molar-refractivity contribution >= 4 is 5.69 Å². The van der Waals surface area contributed by atoms with Crippen LogP contribution in [0.1, 0.15) is 27.8 Å². The second kappa shape index (κ2) is 13.7. The Morgan fingerprint density at radius 1 is 0.424 bits per heavy atom. The van der Waals surface area contributed by atoms with Crippen molar-refractivity contribution in [3.8, 4) is 78.8 Å². The number of ether oxygens (including phenoxy) is 1. The highest BCUT2D eigenvalue weighted by atomic mass is 16.5. The fraction of sp³-hybridized carbons (Fsp3) is 0.0364. The van der Waals surface area contributed by atoms with Gasteiger partial charge >= 0.3 is 0 Å². The van der Waals surface area contributed by atoms with Crippen molar-refractivity contribution < 1.29 is 4.74 Å². The maximum atomic E-state index is 7.48. The third-order valence-corrected chi connectivity index (χ3v) is 12.0. The first-order valence-corrected chi connectivity index (χ1v) is 19.8. The molecule has 0 saturated carbocycles. The van der Waals surface area contributed by atoms with Crippen LogP contribution in [-0.4, -0.2) is 9.97 Å². The zero-order valence-electron chi connectivity index (χ0n) is 32.2. The molecule has 2 aliphatic rings. The quantitative estimate of drug-likeness (QED) is 0.164. The monoisotopic (exact) mass is 753 g/mol. The molecular weight excluding hydrogens is 719 g/mol. The summed E-state index contributed by atoms with van der Waals surface area (Å²) in [6.07, 6.45) is 0. The van der Waals surface area contributed by atoms with Gasteiger partial charge in [0.15, 0.2) is 11.5 Å². The van der Waals surface area contributed by atoms with Crippen LogP contribution in [0.5, 0.6) is 11.5 Å². The van der Waals surface area contributed by atoms with Crippen LogP contribution in [0.25, 0.3) is 72.1 Å². The van der Waals surface area contributed by atoms with Gasteiger partial charge < -0.3 is 4.74 Å². The minimum absolute atomic E-state index is 0.627. The number of fused-ring (bicyclic) bond motifs is 9. The Balaban J connectivity index is 1.07. The molecule has 0 radical (unpaired) electrons. The minimum Gasteiger partial charge on any atom is -0.457 e. The van der Waals surface area contributed by atoms with Crippen molar-refractivity contribution in [2.24, 2.45) is 0 Å². The Labute approximate surface area is 343 Å². The molecule has 8 aromatic carbocycles. The van der Waals surface area contributed by atoms with E-state index in [-0.39, 0.29) is 0 Å². The Hall–Kier alpha value is -7.87. The molecule has 4 heteroatoms. The van der Waals surface area contributed by atoms with Crippen molar-refractivity contribution in [1.29, 1.82) is 0 Å². The van der Waals surface area contributed by atoms with Gasteiger partial charge in [0.1, 0.15) is 11.5 Å². The predicted octanol–water partition coefficient (Wildman–Crippen LogP) is 14.1. The molecule has 0 N–H and O–H groups in total. The molecule has 4 nitrogen and oxygen atoms in total. The highest BCUT2D eigenvalue weighted by Crippen LogP contribution is 2.62. The third kappa shape index (κ3) is 5.44. The van der Waals surface area contributed by atoms with Gasteiger partial charge in [0.05, 0.1) is 23.4 Å². The lowest BCUT2D eigenvalue weighted by Crippen LogP contribution is -2.32. The van der Waals surface area contributed by atoms with Gasteiger partial charge in [0.25, 0.3) is 0 Å². The van der Waals surface area contributed by atoms with Crippen molar-refractivity contribution in [2.45, 2.75) is 12.3 Å². The zero-order chi connectivity index (χ0) is 39.5.